The highest BCUT2D eigenvalue weighted by molar-refractivity contribution is 5.99. The molecule has 0 saturated heterocycles. The van der Waals surface area contributed by atoms with Crippen LogP contribution in [-0.2, 0) is 17.8 Å². The number of carbonyl (C=O) groups excluding carboxylic acids is 2. The van der Waals surface area contributed by atoms with Gasteiger partial charge in [-0.2, -0.15) is 5.10 Å². The quantitative estimate of drug-likeness (QED) is 0.679. The molecular weight excluding hydrogens is 340 g/mol. The van der Waals surface area contributed by atoms with Crippen molar-refractivity contribution in [2.24, 2.45) is 0 Å². The van der Waals surface area contributed by atoms with Crippen LogP contribution >= 0.6 is 0 Å². The number of rotatable bonds is 7. The minimum Gasteiger partial charge on any atom is -0.343 e. The van der Waals surface area contributed by atoms with Gasteiger partial charge in [0.25, 0.3) is 5.91 Å². The van der Waals surface area contributed by atoms with Gasteiger partial charge in [-0.3, -0.25) is 14.3 Å². The monoisotopic (exact) mass is 362 g/mol. The standard InChI is InChI=1S/C21H22N4O2/c1-2-17-10-6-7-11-19(17)24-20(26)13-22-21(27)18-12-23-25(15-18)14-16-8-4-3-5-9-16/h3-12,15H,2,13-14H2,1H3,(H,22,27)(H,24,26). The first kappa shape index (κ1) is 18.4. The minimum absolute atomic E-state index is 0.0965. The van der Waals surface area contributed by atoms with Crippen molar-refractivity contribution in [3.8, 4) is 0 Å². The van der Waals surface area contributed by atoms with Crippen molar-refractivity contribution >= 4 is 17.5 Å². The number of benzene rings is 2. The first-order valence-corrected chi connectivity index (χ1v) is 8.88. The maximum absolute atomic E-state index is 12.2. The molecule has 6 heteroatoms. The highest BCUT2D eigenvalue weighted by atomic mass is 16.2. The SMILES string of the molecule is CCc1ccccc1NC(=O)CNC(=O)c1cnn(Cc2ccccc2)c1. The van der Waals surface area contributed by atoms with Crippen LogP contribution in [0.2, 0.25) is 0 Å². The van der Waals surface area contributed by atoms with E-state index in [0.29, 0.717) is 12.1 Å². The molecule has 0 fully saturated rings. The molecule has 2 N–H and O–H groups in total. The fourth-order valence-corrected chi connectivity index (χ4v) is 2.75. The molecule has 0 aliphatic heterocycles. The number of anilines is 1. The topological polar surface area (TPSA) is 76.0 Å². The molecule has 0 spiro atoms. The van der Waals surface area contributed by atoms with Crippen LogP contribution in [0.4, 0.5) is 5.69 Å². The Morgan fingerprint density at radius 3 is 2.56 bits per heavy atom. The fraction of sp³-hybridized carbons (Fsp3) is 0.190. The number of carbonyl (C=O) groups is 2. The van der Waals surface area contributed by atoms with Crippen molar-refractivity contribution < 1.29 is 9.59 Å². The van der Waals surface area contributed by atoms with E-state index >= 15 is 0 Å². The molecule has 3 rings (SSSR count). The van der Waals surface area contributed by atoms with Crippen LogP contribution in [0.5, 0.6) is 0 Å². The van der Waals surface area contributed by atoms with Gasteiger partial charge >= 0.3 is 0 Å². The van der Waals surface area contributed by atoms with Gasteiger partial charge < -0.3 is 10.6 Å². The summed E-state index contributed by atoms with van der Waals surface area (Å²) in [7, 11) is 0. The molecule has 6 nitrogen and oxygen atoms in total. The van der Waals surface area contributed by atoms with Crippen molar-refractivity contribution in [3.05, 3.63) is 83.7 Å². The molecule has 0 aliphatic rings. The van der Waals surface area contributed by atoms with Gasteiger partial charge in [0, 0.05) is 11.9 Å². The third kappa shape index (κ3) is 5.04. The molecule has 3 aromatic rings. The van der Waals surface area contributed by atoms with Crippen LogP contribution in [-0.4, -0.2) is 28.1 Å². The molecule has 0 radical (unpaired) electrons. The van der Waals surface area contributed by atoms with Gasteiger partial charge in [-0.05, 0) is 23.6 Å². The number of nitrogens with zero attached hydrogens (tertiary/aromatic N) is 2. The normalized spacial score (nSPS) is 10.4. The maximum atomic E-state index is 12.2. The molecule has 27 heavy (non-hydrogen) atoms. The van der Waals surface area contributed by atoms with E-state index in [-0.39, 0.29) is 18.4 Å². The lowest BCUT2D eigenvalue weighted by Crippen LogP contribution is -2.32. The van der Waals surface area contributed by atoms with E-state index in [4.69, 9.17) is 0 Å². The van der Waals surface area contributed by atoms with E-state index < -0.39 is 0 Å². The van der Waals surface area contributed by atoms with Gasteiger partial charge in [-0.1, -0.05) is 55.5 Å². The zero-order chi connectivity index (χ0) is 19.1. The van der Waals surface area contributed by atoms with Crippen molar-refractivity contribution in [2.75, 3.05) is 11.9 Å². The predicted octanol–water partition coefficient (Wildman–Crippen LogP) is 2.86. The molecule has 0 unspecified atom stereocenters. The lowest BCUT2D eigenvalue weighted by molar-refractivity contribution is -0.115. The summed E-state index contributed by atoms with van der Waals surface area (Å²) >= 11 is 0. The van der Waals surface area contributed by atoms with Gasteiger partial charge in [0.15, 0.2) is 0 Å². The third-order valence-corrected chi connectivity index (χ3v) is 4.16. The molecule has 1 aromatic heterocycles. The summed E-state index contributed by atoms with van der Waals surface area (Å²) in [6.07, 6.45) is 4.00. The Kier molecular flexibility index (Phi) is 5.99. The number of hydrogen-bond donors (Lipinski definition) is 2. The van der Waals surface area contributed by atoms with Gasteiger partial charge in [0.1, 0.15) is 0 Å². The minimum atomic E-state index is -0.326. The molecular formula is C21H22N4O2. The summed E-state index contributed by atoms with van der Waals surface area (Å²) in [6.45, 7) is 2.52. The van der Waals surface area contributed by atoms with Crippen LogP contribution in [0.1, 0.15) is 28.4 Å². The first-order chi connectivity index (χ1) is 13.2. The van der Waals surface area contributed by atoms with Crippen molar-refractivity contribution in [1.29, 1.82) is 0 Å². The van der Waals surface area contributed by atoms with Crippen LogP contribution in [0.15, 0.2) is 67.0 Å². The van der Waals surface area contributed by atoms with E-state index in [9.17, 15) is 9.59 Å². The van der Waals surface area contributed by atoms with Gasteiger partial charge in [0.2, 0.25) is 5.91 Å². The Bertz CT molecular complexity index is 919. The fourth-order valence-electron chi connectivity index (χ4n) is 2.75. The van der Waals surface area contributed by atoms with E-state index in [1.165, 1.54) is 6.20 Å². The zero-order valence-corrected chi connectivity index (χ0v) is 15.2. The van der Waals surface area contributed by atoms with E-state index in [1.807, 2.05) is 61.5 Å². The Balaban J connectivity index is 1.52. The first-order valence-electron chi connectivity index (χ1n) is 8.88. The molecule has 0 saturated carbocycles. The Labute approximate surface area is 158 Å². The summed E-state index contributed by atoms with van der Waals surface area (Å²) in [4.78, 5) is 24.4. The second-order valence-electron chi connectivity index (χ2n) is 6.15. The van der Waals surface area contributed by atoms with Crippen molar-refractivity contribution in [3.63, 3.8) is 0 Å². The van der Waals surface area contributed by atoms with E-state index in [1.54, 1.807) is 10.9 Å². The molecule has 0 atom stereocenters. The van der Waals surface area contributed by atoms with Gasteiger partial charge in [-0.15, -0.1) is 0 Å². The van der Waals surface area contributed by atoms with Crippen molar-refractivity contribution in [2.45, 2.75) is 19.9 Å². The second-order valence-corrected chi connectivity index (χ2v) is 6.15. The van der Waals surface area contributed by atoms with Gasteiger partial charge in [-0.25, -0.2) is 0 Å². The second kappa shape index (κ2) is 8.80. The van der Waals surface area contributed by atoms with Crippen LogP contribution < -0.4 is 10.6 Å². The third-order valence-electron chi connectivity index (χ3n) is 4.16. The lowest BCUT2D eigenvalue weighted by Gasteiger charge is -2.10. The molecule has 2 amide bonds. The number of nitrogens with one attached hydrogen (secondary N) is 2. The Morgan fingerprint density at radius 1 is 1.04 bits per heavy atom. The summed E-state index contributed by atoms with van der Waals surface area (Å²) in [6, 6.07) is 17.5. The Morgan fingerprint density at radius 2 is 1.78 bits per heavy atom. The molecule has 1 heterocycles. The lowest BCUT2D eigenvalue weighted by atomic mass is 10.1. The number of aromatic nitrogens is 2. The number of para-hydroxylation sites is 1. The average Bonchev–Trinajstić information content (AvgIpc) is 3.16. The number of amides is 2. The molecule has 138 valence electrons. The smallest absolute Gasteiger partial charge is 0.254 e. The average molecular weight is 362 g/mol. The summed E-state index contributed by atoms with van der Waals surface area (Å²) in [5.74, 6) is -0.589. The molecule has 0 aliphatic carbocycles. The highest BCUT2D eigenvalue weighted by Crippen LogP contribution is 2.15. The van der Waals surface area contributed by atoms with E-state index in [0.717, 1.165) is 23.2 Å². The van der Waals surface area contributed by atoms with Crippen LogP contribution in [0, 0.1) is 0 Å². The predicted molar refractivity (Wildman–Crippen MR) is 105 cm³/mol. The van der Waals surface area contributed by atoms with Crippen LogP contribution in [0.3, 0.4) is 0 Å². The summed E-state index contributed by atoms with van der Waals surface area (Å²) in [5.41, 5.74) is 3.35. The van der Waals surface area contributed by atoms with E-state index in [2.05, 4.69) is 15.7 Å². The summed E-state index contributed by atoms with van der Waals surface area (Å²) in [5, 5.41) is 9.67. The molecule has 2 aromatic carbocycles. The van der Waals surface area contributed by atoms with Gasteiger partial charge in [0.05, 0.1) is 24.8 Å². The maximum Gasteiger partial charge on any atom is 0.254 e. The summed E-state index contributed by atoms with van der Waals surface area (Å²) < 4.78 is 1.70. The van der Waals surface area contributed by atoms with Crippen molar-refractivity contribution in [1.82, 2.24) is 15.1 Å². The zero-order valence-electron chi connectivity index (χ0n) is 15.2. The number of hydrogen-bond acceptors (Lipinski definition) is 3. The number of aryl methyl sites for hydroxylation is 1. The van der Waals surface area contributed by atoms with Crippen LogP contribution in [0.25, 0.3) is 0 Å². The molecule has 0 bridgehead atoms. The largest absolute Gasteiger partial charge is 0.343 e. The highest BCUT2D eigenvalue weighted by Gasteiger charge is 2.11. The Hall–Kier alpha value is -3.41.